The number of benzene rings is 2. The zero-order valence-corrected chi connectivity index (χ0v) is 15.4. The molecule has 1 heterocycles. The number of nitrogens with zero attached hydrogens (tertiary/aromatic N) is 2. The smallest absolute Gasteiger partial charge is 0.289 e. The molecule has 0 radical (unpaired) electrons. The Morgan fingerprint density at radius 1 is 1.33 bits per heavy atom. The fourth-order valence-electron chi connectivity index (χ4n) is 3.16. The fourth-order valence-corrected chi connectivity index (χ4v) is 3.35. The van der Waals surface area contributed by atoms with Crippen LogP contribution >= 0.6 is 11.6 Å². The Labute approximate surface area is 161 Å². The zero-order chi connectivity index (χ0) is 19.6. The minimum Gasteiger partial charge on any atom is -0.326 e. The molecule has 1 aliphatic heterocycles. The van der Waals surface area contributed by atoms with E-state index in [2.05, 4.69) is 5.32 Å². The Bertz CT molecular complexity index is 916. The molecule has 27 heavy (non-hydrogen) atoms. The van der Waals surface area contributed by atoms with Crippen LogP contribution in [-0.2, 0) is 16.0 Å². The van der Waals surface area contributed by atoms with Crippen LogP contribution in [0.2, 0.25) is 5.02 Å². The number of nitrogens with one attached hydrogen (secondary N) is 1. The quantitative estimate of drug-likeness (QED) is 0.623. The van der Waals surface area contributed by atoms with E-state index in [4.69, 9.17) is 11.6 Å². The van der Waals surface area contributed by atoms with Gasteiger partial charge in [0.2, 0.25) is 11.8 Å². The Morgan fingerprint density at radius 2 is 2.07 bits per heavy atom. The van der Waals surface area contributed by atoms with E-state index in [1.165, 1.54) is 18.2 Å². The predicted molar refractivity (Wildman–Crippen MR) is 103 cm³/mol. The molecule has 0 bridgehead atoms. The molecule has 140 valence electrons. The number of hydrogen-bond donors (Lipinski definition) is 1. The molecule has 8 heteroatoms. The van der Waals surface area contributed by atoms with Gasteiger partial charge in [0.1, 0.15) is 5.02 Å². The monoisotopic (exact) mass is 387 g/mol. The van der Waals surface area contributed by atoms with Crippen molar-refractivity contribution in [3.63, 3.8) is 0 Å². The Balaban J connectivity index is 1.75. The number of nitro groups is 1. The van der Waals surface area contributed by atoms with Crippen LogP contribution in [0.1, 0.15) is 18.9 Å². The molecular weight excluding hydrogens is 370 g/mol. The maximum absolute atomic E-state index is 12.6. The van der Waals surface area contributed by atoms with Crippen molar-refractivity contribution in [2.45, 2.75) is 19.8 Å². The number of aryl methyl sites for hydroxylation is 1. The highest BCUT2D eigenvalue weighted by Gasteiger charge is 2.36. The third kappa shape index (κ3) is 3.93. The molecule has 1 aliphatic rings. The maximum atomic E-state index is 12.6. The predicted octanol–water partition coefficient (Wildman–Crippen LogP) is 3.80. The van der Waals surface area contributed by atoms with Gasteiger partial charge in [0.15, 0.2) is 0 Å². The fraction of sp³-hybridized carbons (Fsp3) is 0.263. The third-order valence-corrected chi connectivity index (χ3v) is 4.89. The van der Waals surface area contributed by atoms with Crippen LogP contribution in [0.4, 0.5) is 17.1 Å². The molecule has 0 saturated carbocycles. The van der Waals surface area contributed by atoms with E-state index < -0.39 is 10.8 Å². The van der Waals surface area contributed by atoms with E-state index in [1.807, 2.05) is 31.2 Å². The van der Waals surface area contributed by atoms with Crippen LogP contribution < -0.4 is 10.2 Å². The van der Waals surface area contributed by atoms with Gasteiger partial charge in [-0.3, -0.25) is 19.7 Å². The first-order valence-corrected chi connectivity index (χ1v) is 8.91. The van der Waals surface area contributed by atoms with E-state index in [1.54, 1.807) is 4.90 Å². The molecule has 1 atom stereocenters. The van der Waals surface area contributed by atoms with Crippen molar-refractivity contribution in [1.29, 1.82) is 0 Å². The molecule has 1 fully saturated rings. The summed E-state index contributed by atoms with van der Waals surface area (Å²) in [6, 6.07) is 11.7. The van der Waals surface area contributed by atoms with Crippen molar-refractivity contribution < 1.29 is 14.5 Å². The van der Waals surface area contributed by atoms with Crippen molar-refractivity contribution in [3.05, 3.63) is 63.2 Å². The molecular formula is C19H18ClN3O4. The van der Waals surface area contributed by atoms with E-state index in [0.717, 1.165) is 17.7 Å². The summed E-state index contributed by atoms with van der Waals surface area (Å²) < 4.78 is 0. The number of hydrogen-bond acceptors (Lipinski definition) is 4. The number of anilines is 2. The van der Waals surface area contributed by atoms with Gasteiger partial charge in [0.05, 0.1) is 10.8 Å². The first-order valence-electron chi connectivity index (χ1n) is 8.53. The summed E-state index contributed by atoms with van der Waals surface area (Å²) >= 11 is 5.78. The number of carbonyl (C=O) groups is 2. The first kappa shape index (κ1) is 18.8. The third-order valence-electron chi connectivity index (χ3n) is 4.57. The number of carbonyl (C=O) groups excluding carboxylic acids is 2. The summed E-state index contributed by atoms with van der Waals surface area (Å²) in [5.41, 5.74) is 1.86. The molecule has 0 aliphatic carbocycles. The molecule has 1 saturated heterocycles. The highest BCUT2D eigenvalue weighted by Crippen LogP contribution is 2.30. The minimum atomic E-state index is -0.611. The second-order valence-corrected chi connectivity index (χ2v) is 6.71. The number of halogens is 1. The number of rotatable bonds is 5. The lowest BCUT2D eigenvalue weighted by Gasteiger charge is -2.20. The van der Waals surface area contributed by atoms with Crippen LogP contribution in [0.25, 0.3) is 0 Å². The topological polar surface area (TPSA) is 92.6 Å². The molecule has 3 rings (SSSR count). The average Bonchev–Trinajstić information content (AvgIpc) is 3.04. The van der Waals surface area contributed by atoms with Crippen LogP contribution in [0.5, 0.6) is 0 Å². The van der Waals surface area contributed by atoms with Crippen LogP contribution in [0.15, 0.2) is 42.5 Å². The summed E-state index contributed by atoms with van der Waals surface area (Å²) in [6.07, 6.45) is 0.880. The van der Waals surface area contributed by atoms with Gasteiger partial charge in [-0.05, 0) is 30.2 Å². The largest absolute Gasteiger partial charge is 0.326 e. The molecule has 2 aromatic rings. The van der Waals surface area contributed by atoms with Crippen LogP contribution in [0, 0.1) is 16.0 Å². The van der Waals surface area contributed by atoms with Gasteiger partial charge >= 0.3 is 0 Å². The van der Waals surface area contributed by atoms with Gasteiger partial charge in [-0.25, -0.2) is 0 Å². The summed E-state index contributed by atoms with van der Waals surface area (Å²) in [5.74, 6) is -0.994. The molecule has 1 unspecified atom stereocenters. The Kier molecular flexibility index (Phi) is 5.41. The van der Waals surface area contributed by atoms with Gasteiger partial charge in [-0.15, -0.1) is 0 Å². The van der Waals surface area contributed by atoms with Crippen molar-refractivity contribution in [2.75, 3.05) is 16.8 Å². The van der Waals surface area contributed by atoms with E-state index in [0.29, 0.717) is 0 Å². The lowest BCUT2D eigenvalue weighted by atomic mass is 10.1. The molecule has 7 nitrogen and oxygen atoms in total. The van der Waals surface area contributed by atoms with Crippen LogP contribution in [0.3, 0.4) is 0 Å². The summed E-state index contributed by atoms with van der Waals surface area (Å²) in [7, 11) is 0. The lowest BCUT2D eigenvalue weighted by molar-refractivity contribution is -0.384. The highest BCUT2D eigenvalue weighted by molar-refractivity contribution is 6.32. The standard InChI is InChI=1S/C19H18ClN3O4/c1-2-12-5-3-4-6-16(12)22-11-13(9-18(22)24)19(25)21-14-7-8-15(20)17(10-14)23(26)27/h3-8,10,13H,2,9,11H2,1H3,(H,21,25). The Hall–Kier alpha value is -2.93. The highest BCUT2D eigenvalue weighted by atomic mass is 35.5. The molecule has 2 aromatic carbocycles. The molecule has 0 spiro atoms. The molecule has 0 aromatic heterocycles. The summed E-state index contributed by atoms with van der Waals surface area (Å²) in [6.45, 7) is 2.29. The summed E-state index contributed by atoms with van der Waals surface area (Å²) in [4.78, 5) is 37.0. The van der Waals surface area contributed by atoms with Gasteiger partial charge < -0.3 is 10.2 Å². The zero-order valence-electron chi connectivity index (χ0n) is 14.6. The lowest BCUT2D eigenvalue weighted by Crippen LogP contribution is -2.28. The summed E-state index contributed by atoms with van der Waals surface area (Å²) in [5, 5.41) is 13.6. The van der Waals surface area contributed by atoms with E-state index in [-0.39, 0.29) is 41.2 Å². The van der Waals surface area contributed by atoms with Crippen molar-refractivity contribution in [2.24, 2.45) is 5.92 Å². The SMILES string of the molecule is CCc1ccccc1N1CC(C(=O)Nc2ccc(Cl)c([N+](=O)[O-])c2)CC1=O. The number of nitro benzene ring substituents is 1. The van der Waals surface area contributed by atoms with Crippen molar-refractivity contribution in [3.8, 4) is 0 Å². The first-order chi connectivity index (χ1) is 12.9. The van der Waals surface area contributed by atoms with Gasteiger partial charge in [-0.2, -0.15) is 0 Å². The van der Waals surface area contributed by atoms with Gasteiger partial charge in [0, 0.05) is 30.4 Å². The van der Waals surface area contributed by atoms with Gasteiger partial charge in [-0.1, -0.05) is 36.7 Å². The Morgan fingerprint density at radius 3 is 2.78 bits per heavy atom. The maximum Gasteiger partial charge on any atom is 0.289 e. The van der Waals surface area contributed by atoms with Crippen molar-refractivity contribution >= 4 is 40.5 Å². The van der Waals surface area contributed by atoms with Gasteiger partial charge in [0.25, 0.3) is 5.69 Å². The van der Waals surface area contributed by atoms with E-state index >= 15 is 0 Å². The number of para-hydroxylation sites is 1. The molecule has 2 amide bonds. The minimum absolute atomic E-state index is 0.00334. The second-order valence-electron chi connectivity index (χ2n) is 6.30. The molecule has 1 N–H and O–H groups in total. The number of amides is 2. The van der Waals surface area contributed by atoms with E-state index in [9.17, 15) is 19.7 Å². The normalized spacial score (nSPS) is 16.4. The second kappa shape index (κ2) is 7.75. The van der Waals surface area contributed by atoms with Crippen LogP contribution in [-0.4, -0.2) is 23.3 Å². The van der Waals surface area contributed by atoms with Crippen molar-refractivity contribution in [1.82, 2.24) is 0 Å². The average molecular weight is 388 g/mol.